The first-order valence-electron chi connectivity index (χ1n) is 7.70. The molecule has 2 aliphatic rings. The molecule has 0 saturated carbocycles. The van der Waals surface area contributed by atoms with E-state index in [0.29, 0.717) is 23.6 Å². The van der Waals surface area contributed by atoms with Gasteiger partial charge in [0.25, 0.3) is 0 Å². The molecule has 0 bridgehead atoms. The van der Waals surface area contributed by atoms with Crippen LogP contribution in [-0.2, 0) is 4.74 Å². The smallest absolute Gasteiger partial charge is 0.337 e. The van der Waals surface area contributed by atoms with Crippen LogP contribution in [-0.4, -0.2) is 13.1 Å². The minimum atomic E-state index is -0.423. The summed E-state index contributed by atoms with van der Waals surface area (Å²) in [5, 5.41) is 4.78. The highest BCUT2D eigenvalue weighted by Crippen LogP contribution is 2.27. The van der Waals surface area contributed by atoms with E-state index < -0.39 is 5.97 Å². The summed E-state index contributed by atoms with van der Waals surface area (Å²) in [6.07, 6.45) is 0. The molecule has 2 aromatic carbocycles. The maximum atomic E-state index is 11.9. The van der Waals surface area contributed by atoms with E-state index >= 15 is 0 Å². The quantitative estimate of drug-likeness (QED) is 0.270. The SMILES string of the molecule is COC(=O)c1ccc2c(=S)c3c(=S)c4ccccc4c(=S)c=3c(=S)c2c1. The lowest BCUT2D eigenvalue weighted by molar-refractivity contribution is 0.0601. The van der Waals surface area contributed by atoms with E-state index in [2.05, 4.69) is 0 Å². The predicted molar refractivity (Wildman–Crippen MR) is 114 cm³/mol. The van der Waals surface area contributed by atoms with E-state index in [1.807, 2.05) is 24.3 Å². The standard InChI is InChI=1S/C20H10O2S4/c1-22-20(21)9-6-7-12-13(8-9)19(26)15-14(18(12)25)16(23)10-4-2-3-5-11(10)17(15)24/h2-8H,1H3. The minimum absolute atomic E-state index is 0.421. The minimum Gasteiger partial charge on any atom is -0.465 e. The third kappa shape index (κ3) is 2.37. The van der Waals surface area contributed by atoms with E-state index in [9.17, 15) is 4.79 Å². The van der Waals surface area contributed by atoms with Crippen LogP contribution in [0.1, 0.15) is 10.4 Å². The molecule has 0 N–H and O–H groups in total. The number of rotatable bonds is 1. The van der Waals surface area contributed by atoms with Crippen LogP contribution in [0.4, 0.5) is 0 Å². The first kappa shape index (κ1) is 17.4. The van der Waals surface area contributed by atoms with Gasteiger partial charge in [-0.3, -0.25) is 0 Å². The van der Waals surface area contributed by atoms with Crippen molar-refractivity contribution < 1.29 is 9.53 Å². The van der Waals surface area contributed by atoms with Gasteiger partial charge in [0.05, 0.1) is 30.7 Å². The molecule has 0 radical (unpaired) electrons. The Morgan fingerprint density at radius 3 is 1.69 bits per heavy atom. The molecule has 0 unspecified atom stereocenters. The number of ether oxygens (including phenoxy) is 1. The first-order valence-corrected chi connectivity index (χ1v) is 9.33. The Balaban J connectivity index is 2.39. The Bertz CT molecular complexity index is 1510. The van der Waals surface area contributed by atoms with E-state index in [0.717, 1.165) is 32.0 Å². The molecule has 0 heterocycles. The second kappa shape index (κ2) is 6.32. The van der Waals surface area contributed by atoms with Crippen molar-refractivity contribution in [2.75, 3.05) is 7.11 Å². The molecular weight excluding hydrogens is 400 g/mol. The summed E-state index contributed by atoms with van der Waals surface area (Å²) in [5.74, 6) is -0.423. The Morgan fingerprint density at radius 1 is 0.731 bits per heavy atom. The number of hydrogen-bond donors (Lipinski definition) is 0. The predicted octanol–water partition coefficient (Wildman–Crippen LogP) is 6.30. The van der Waals surface area contributed by atoms with Gasteiger partial charge in [0.15, 0.2) is 0 Å². The summed E-state index contributed by atoms with van der Waals surface area (Å²) < 4.78 is 7.30. The highest BCUT2D eigenvalue weighted by atomic mass is 32.1. The average molecular weight is 411 g/mol. The molecule has 2 nitrogen and oxygen atoms in total. The Labute approximate surface area is 169 Å². The van der Waals surface area contributed by atoms with Crippen LogP contribution in [0.3, 0.4) is 0 Å². The molecule has 2 aromatic rings. The monoisotopic (exact) mass is 410 g/mol. The number of benzene rings is 2. The van der Waals surface area contributed by atoms with Crippen molar-refractivity contribution in [3.05, 3.63) is 76.5 Å². The van der Waals surface area contributed by atoms with E-state index in [-0.39, 0.29) is 0 Å². The lowest BCUT2D eigenvalue weighted by atomic mass is 10.0. The van der Waals surface area contributed by atoms with Crippen LogP contribution in [0.5, 0.6) is 0 Å². The zero-order chi connectivity index (χ0) is 18.6. The van der Waals surface area contributed by atoms with Gasteiger partial charge in [0.1, 0.15) is 0 Å². The molecule has 26 heavy (non-hydrogen) atoms. The van der Waals surface area contributed by atoms with Crippen molar-refractivity contribution in [1.29, 1.82) is 0 Å². The lowest BCUT2D eigenvalue weighted by Gasteiger charge is -2.07. The molecule has 0 saturated heterocycles. The van der Waals surface area contributed by atoms with Crippen molar-refractivity contribution in [2.24, 2.45) is 0 Å². The summed E-state index contributed by atoms with van der Waals surface area (Å²) in [6.45, 7) is 0. The van der Waals surface area contributed by atoms with E-state index in [4.69, 9.17) is 53.6 Å². The number of hydrogen-bond acceptors (Lipinski definition) is 6. The van der Waals surface area contributed by atoms with Crippen LogP contribution >= 0.6 is 48.9 Å². The molecule has 0 aliphatic heterocycles. The van der Waals surface area contributed by atoms with Gasteiger partial charge < -0.3 is 4.74 Å². The van der Waals surface area contributed by atoms with Crippen molar-refractivity contribution in [3.63, 3.8) is 0 Å². The van der Waals surface area contributed by atoms with Gasteiger partial charge in [0.2, 0.25) is 0 Å². The Kier molecular flexibility index (Phi) is 4.23. The zero-order valence-electron chi connectivity index (χ0n) is 13.5. The van der Waals surface area contributed by atoms with Gasteiger partial charge in [-0.05, 0) is 12.1 Å². The fourth-order valence-electron chi connectivity index (χ4n) is 3.25. The van der Waals surface area contributed by atoms with Crippen LogP contribution < -0.4 is 0 Å². The molecule has 0 aromatic heterocycles. The van der Waals surface area contributed by atoms with Crippen molar-refractivity contribution in [1.82, 2.24) is 0 Å². The van der Waals surface area contributed by atoms with Gasteiger partial charge in [-0.15, -0.1) is 0 Å². The van der Waals surface area contributed by atoms with Crippen LogP contribution in [0.2, 0.25) is 0 Å². The van der Waals surface area contributed by atoms with Crippen LogP contribution in [0.25, 0.3) is 21.5 Å². The molecule has 0 spiro atoms. The highest BCUT2D eigenvalue weighted by molar-refractivity contribution is 7.73. The molecule has 6 heteroatoms. The summed E-state index contributed by atoms with van der Waals surface area (Å²) in [5.41, 5.74) is 0.421. The van der Waals surface area contributed by atoms with Gasteiger partial charge in [-0.25, -0.2) is 4.79 Å². The third-order valence-electron chi connectivity index (χ3n) is 4.50. The zero-order valence-corrected chi connectivity index (χ0v) is 16.8. The molecule has 126 valence electrons. The molecular formula is C20H10O2S4. The van der Waals surface area contributed by atoms with Crippen molar-refractivity contribution >= 4 is 76.4 Å². The second-order valence-corrected chi connectivity index (χ2v) is 7.50. The number of fused-ring (bicyclic) bond motifs is 2. The summed E-state index contributed by atoms with van der Waals surface area (Å²) in [6, 6.07) is 12.9. The second-order valence-electron chi connectivity index (χ2n) is 5.86. The molecule has 0 atom stereocenters. The first-order chi connectivity index (χ1) is 12.5. The molecule has 4 rings (SSSR count). The topological polar surface area (TPSA) is 26.3 Å². The normalized spacial score (nSPS) is 11.3. The summed E-state index contributed by atoms with van der Waals surface area (Å²) in [4.78, 5) is 11.9. The van der Waals surface area contributed by atoms with Crippen molar-refractivity contribution in [2.45, 2.75) is 0 Å². The molecule has 0 fully saturated rings. The van der Waals surface area contributed by atoms with E-state index in [1.165, 1.54) is 7.11 Å². The maximum Gasteiger partial charge on any atom is 0.337 e. The molecule has 0 amide bonds. The Hall–Kier alpha value is -1.99. The van der Waals surface area contributed by atoms with Crippen molar-refractivity contribution in [3.8, 4) is 0 Å². The molecule has 2 aliphatic carbocycles. The number of carbonyl (C=O) groups is 1. The fraction of sp³-hybridized carbons (Fsp3) is 0.0500. The summed E-state index contributed by atoms with van der Waals surface area (Å²) in [7, 11) is 1.34. The number of esters is 1. The van der Waals surface area contributed by atoms with Gasteiger partial charge >= 0.3 is 5.97 Å². The van der Waals surface area contributed by atoms with Gasteiger partial charge in [-0.2, -0.15) is 0 Å². The largest absolute Gasteiger partial charge is 0.465 e. The lowest BCUT2D eigenvalue weighted by Crippen LogP contribution is -2.01. The average Bonchev–Trinajstić information content (AvgIpc) is 2.67. The number of carbonyl (C=O) groups excluding carboxylic acids is 1. The van der Waals surface area contributed by atoms with Gasteiger partial charge in [0, 0.05) is 32.0 Å². The summed E-state index contributed by atoms with van der Waals surface area (Å²) >= 11 is 22.9. The number of methoxy groups -OCH3 is 1. The fourth-order valence-corrected chi connectivity index (χ4v) is 4.90. The van der Waals surface area contributed by atoms with Gasteiger partial charge in [-0.1, -0.05) is 79.2 Å². The Morgan fingerprint density at radius 2 is 1.19 bits per heavy atom. The van der Waals surface area contributed by atoms with Crippen LogP contribution in [0.15, 0.2) is 42.5 Å². The maximum absolute atomic E-state index is 11.9. The van der Waals surface area contributed by atoms with E-state index in [1.54, 1.807) is 18.2 Å². The highest BCUT2D eigenvalue weighted by Gasteiger charge is 2.12. The third-order valence-corrected chi connectivity index (χ3v) is 6.20. The van der Waals surface area contributed by atoms with Crippen LogP contribution in [0, 0.1) is 28.5 Å².